The first-order chi connectivity index (χ1) is 7.27. The van der Waals surface area contributed by atoms with Gasteiger partial charge in [0.1, 0.15) is 0 Å². The van der Waals surface area contributed by atoms with E-state index >= 15 is 0 Å². The van der Waals surface area contributed by atoms with Crippen LogP contribution < -0.4 is 0 Å². The molecule has 0 bridgehead atoms. The average Bonchev–Trinajstić information content (AvgIpc) is 2.86. The second-order valence-corrected chi connectivity index (χ2v) is 4.10. The fourth-order valence-corrected chi connectivity index (χ4v) is 2.45. The number of aliphatic hydroxyl groups excluding tert-OH is 1. The van der Waals surface area contributed by atoms with Gasteiger partial charge >= 0.3 is 0 Å². The number of hydrogen-bond acceptors (Lipinski definition) is 1. The van der Waals surface area contributed by atoms with Crippen molar-refractivity contribution in [3.8, 4) is 0 Å². The largest absolute Gasteiger partial charge is 0.395 e. The van der Waals surface area contributed by atoms with Gasteiger partial charge in [0.15, 0.2) is 0 Å². The van der Waals surface area contributed by atoms with Crippen molar-refractivity contribution in [1.82, 2.24) is 0 Å². The summed E-state index contributed by atoms with van der Waals surface area (Å²) < 4.78 is 0. The Bertz CT molecular complexity index is 380. The summed E-state index contributed by atoms with van der Waals surface area (Å²) in [5, 5.41) is 9.58. The minimum Gasteiger partial charge on any atom is -0.395 e. The monoisotopic (exact) mass is 200 g/mol. The van der Waals surface area contributed by atoms with E-state index in [-0.39, 0.29) is 12.0 Å². The zero-order valence-corrected chi connectivity index (χ0v) is 8.82. The molecule has 15 heavy (non-hydrogen) atoms. The molecule has 0 aliphatic heterocycles. The maximum Gasteiger partial charge on any atom is 0.0571 e. The van der Waals surface area contributed by atoms with Crippen LogP contribution in [0.3, 0.4) is 0 Å². The summed E-state index contributed by atoms with van der Waals surface area (Å²) in [5.41, 5.74) is 2.11. The van der Waals surface area contributed by atoms with Gasteiger partial charge in [-0.1, -0.05) is 48.6 Å². The first kappa shape index (κ1) is 10.2. The molecule has 0 spiro atoms. The molecular formula is C14H16O. The molecule has 1 fully saturated rings. The third-order valence-corrected chi connectivity index (χ3v) is 3.45. The Hall–Kier alpha value is -1.34. The Labute approximate surface area is 90.8 Å². The maximum atomic E-state index is 9.58. The summed E-state index contributed by atoms with van der Waals surface area (Å²) in [6.45, 7) is 7.95. The van der Waals surface area contributed by atoms with Crippen LogP contribution in [0.15, 0.2) is 55.1 Å². The Morgan fingerprint density at radius 3 is 2.53 bits per heavy atom. The Balaban J connectivity index is 2.33. The van der Waals surface area contributed by atoms with Crippen LogP contribution in [0.25, 0.3) is 0 Å². The van der Waals surface area contributed by atoms with Crippen LogP contribution in [-0.2, 0) is 5.41 Å². The van der Waals surface area contributed by atoms with Crippen molar-refractivity contribution in [1.29, 1.82) is 0 Å². The Morgan fingerprint density at radius 1 is 1.33 bits per heavy atom. The Kier molecular flexibility index (Phi) is 2.49. The molecule has 0 radical (unpaired) electrons. The number of hydrogen-bond donors (Lipinski definition) is 1. The van der Waals surface area contributed by atoms with Crippen molar-refractivity contribution in [3.63, 3.8) is 0 Å². The van der Waals surface area contributed by atoms with Gasteiger partial charge in [0.05, 0.1) is 6.61 Å². The molecule has 1 aromatic rings. The summed E-state index contributed by atoms with van der Waals surface area (Å²) in [5.74, 6) is 0.363. The lowest BCUT2D eigenvalue weighted by Crippen LogP contribution is -2.15. The van der Waals surface area contributed by atoms with Crippen LogP contribution >= 0.6 is 0 Å². The molecule has 1 aliphatic carbocycles. The first-order valence-electron chi connectivity index (χ1n) is 5.24. The van der Waals surface area contributed by atoms with Crippen molar-refractivity contribution >= 4 is 0 Å². The first-order valence-corrected chi connectivity index (χ1v) is 5.24. The van der Waals surface area contributed by atoms with E-state index in [0.29, 0.717) is 5.92 Å². The van der Waals surface area contributed by atoms with Gasteiger partial charge in [0.2, 0.25) is 0 Å². The van der Waals surface area contributed by atoms with Crippen molar-refractivity contribution < 1.29 is 5.11 Å². The van der Waals surface area contributed by atoms with Crippen LogP contribution in [0.5, 0.6) is 0 Å². The van der Waals surface area contributed by atoms with Gasteiger partial charge < -0.3 is 5.11 Å². The van der Waals surface area contributed by atoms with Crippen molar-refractivity contribution in [2.75, 3.05) is 6.61 Å². The molecule has 78 valence electrons. The highest BCUT2D eigenvalue weighted by Gasteiger charge is 2.58. The zero-order valence-electron chi connectivity index (χ0n) is 8.82. The number of benzene rings is 1. The number of rotatable bonds is 4. The molecule has 0 aromatic heterocycles. The highest BCUT2D eigenvalue weighted by molar-refractivity contribution is 5.52. The minimum atomic E-state index is -0.199. The van der Waals surface area contributed by atoms with Crippen LogP contribution in [0, 0.1) is 5.92 Å². The number of allylic oxidation sites excluding steroid dienone is 1. The highest BCUT2D eigenvalue weighted by atomic mass is 16.3. The van der Waals surface area contributed by atoms with Gasteiger partial charge in [-0.15, -0.1) is 6.58 Å². The minimum absolute atomic E-state index is 0.147. The number of aliphatic hydroxyl groups is 1. The second kappa shape index (κ2) is 3.67. The molecule has 2 atom stereocenters. The third-order valence-electron chi connectivity index (χ3n) is 3.45. The predicted molar refractivity (Wildman–Crippen MR) is 62.6 cm³/mol. The van der Waals surface area contributed by atoms with E-state index in [1.165, 1.54) is 5.56 Å². The molecule has 0 heterocycles. The SMILES string of the molecule is C=CC[C@@H]1C(=C)[C@@]1(CO)c1ccccc1. The summed E-state index contributed by atoms with van der Waals surface area (Å²) in [6, 6.07) is 10.1. The van der Waals surface area contributed by atoms with E-state index in [0.717, 1.165) is 12.0 Å². The van der Waals surface area contributed by atoms with E-state index in [2.05, 4.69) is 25.3 Å². The lowest BCUT2D eigenvalue weighted by atomic mass is 9.93. The summed E-state index contributed by atoms with van der Waals surface area (Å²) in [4.78, 5) is 0. The van der Waals surface area contributed by atoms with E-state index in [9.17, 15) is 5.11 Å². The van der Waals surface area contributed by atoms with Crippen LogP contribution in [-0.4, -0.2) is 11.7 Å². The molecule has 1 N–H and O–H groups in total. The normalized spacial score (nSPS) is 28.9. The van der Waals surface area contributed by atoms with Crippen LogP contribution in [0.1, 0.15) is 12.0 Å². The summed E-state index contributed by atoms with van der Waals surface area (Å²) >= 11 is 0. The fraction of sp³-hybridized carbons (Fsp3) is 0.286. The lowest BCUT2D eigenvalue weighted by molar-refractivity contribution is 0.249. The van der Waals surface area contributed by atoms with E-state index in [4.69, 9.17) is 0 Å². The quantitative estimate of drug-likeness (QED) is 0.741. The smallest absolute Gasteiger partial charge is 0.0571 e. The third kappa shape index (κ3) is 1.35. The van der Waals surface area contributed by atoms with Crippen molar-refractivity contribution in [3.05, 3.63) is 60.7 Å². The molecule has 1 saturated carbocycles. The maximum absolute atomic E-state index is 9.58. The van der Waals surface area contributed by atoms with Gasteiger partial charge in [0, 0.05) is 5.41 Å². The van der Waals surface area contributed by atoms with Gasteiger partial charge in [-0.2, -0.15) is 0 Å². The molecule has 0 amide bonds. The topological polar surface area (TPSA) is 20.2 Å². The van der Waals surface area contributed by atoms with E-state index in [1.807, 2.05) is 24.3 Å². The zero-order chi connectivity index (χ0) is 10.9. The van der Waals surface area contributed by atoms with Crippen molar-refractivity contribution in [2.24, 2.45) is 5.92 Å². The molecule has 1 nitrogen and oxygen atoms in total. The van der Waals surface area contributed by atoms with Crippen LogP contribution in [0.2, 0.25) is 0 Å². The predicted octanol–water partition coefficient (Wildman–Crippen LogP) is 2.68. The second-order valence-electron chi connectivity index (χ2n) is 4.10. The van der Waals surface area contributed by atoms with E-state index < -0.39 is 0 Å². The molecule has 0 unspecified atom stereocenters. The van der Waals surface area contributed by atoms with Crippen LogP contribution in [0.4, 0.5) is 0 Å². The van der Waals surface area contributed by atoms with Gasteiger partial charge in [-0.3, -0.25) is 0 Å². The standard InChI is InChI=1S/C14H16O/c1-3-7-13-11(2)14(13,10-15)12-8-5-4-6-9-12/h3-6,8-9,13,15H,1-2,7,10H2/t13-,14+/m1/s1. The Morgan fingerprint density at radius 2 is 2.00 bits per heavy atom. The molecule has 1 heteroatoms. The molecule has 1 aliphatic rings. The van der Waals surface area contributed by atoms with Gasteiger partial charge in [-0.05, 0) is 17.9 Å². The average molecular weight is 200 g/mol. The fourth-order valence-electron chi connectivity index (χ4n) is 2.45. The summed E-state index contributed by atoms with van der Waals surface area (Å²) in [7, 11) is 0. The lowest BCUT2D eigenvalue weighted by Gasteiger charge is -2.13. The molecule has 0 saturated heterocycles. The van der Waals surface area contributed by atoms with Crippen molar-refractivity contribution in [2.45, 2.75) is 11.8 Å². The molecule has 1 aromatic carbocycles. The molecule has 2 rings (SSSR count). The van der Waals surface area contributed by atoms with Gasteiger partial charge in [-0.25, -0.2) is 0 Å². The van der Waals surface area contributed by atoms with Gasteiger partial charge in [0.25, 0.3) is 0 Å². The molecular weight excluding hydrogens is 184 g/mol. The van der Waals surface area contributed by atoms with E-state index in [1.54, 1.807) is 0 Å². The summed E-state index contributed by atoms with van der Waals surface area (Å²) in [6.07, 6.45) is 2.80. The highest BCUT2D eigenvalue weighted by Crippen LogP contribution is 2.60.